The molecule has 0 aromatic rings. The van der Waals surface area contributed by atoms with Crippen LogP contribution >= 0.6 is 0 Å². The van der Waals surface area contributed by atoms with Crippen molar-refractivity contribution in [2.24, 2.45) is 0 Å². The van der Waals surface area contributed by atoms with Crippen LogP contribution in [0.2, 0.25) is 0 Å². The average molecular weight is 481 g/mol. The molecule has 0 aliphatic carbocycles. The molecule has 0 unspecified atom stereocenters. The van der Waals surface area contributed by atoms with E-state index in [-0.39, 0.29) is 5.97 Å². The molecule has 0 aliphatic heterocycles. The highest BCUT2D eigenvalue weighted by atomic mass is 16.5. The number of carbonyl (C=O) groups is 1. The van der Waals surface area contributed by atoms with Crippen molar-refractivity contribution >= 4 is 5.97 Å². The lowest BCUT2D eigenvalue weighted by atomic mass is 10.0. The first-order chi connectivity index (χ1) is 16.8. The molecule has 0 rings (SSSR count). The van der Waals surface area contributed by atoms with Crippen molar-refractivity contribution in [1.82, 2.24) is 0 Å². The molecule has 2 heteroatoms. The van der Waals surface area contributed by atoms with Gasteiger partial charge in [0.15, 0.2) is 0 Å². The number of hydrogen-bond donors (Lipinski definition) is 0. The third-order valence-corrected chi connectivity index (χ3v) is 7.25. The van der Waals surface area contributed by atoms with E-state index in [1.54, 1.807) is 0 Å². The van der Waals surface area contributed by atoms with Crippen LogP contribution in [-0.4, -0.2) is 12.6 Å². The molecular formula is C32H64O2. The minimum atomic E-state index is 0.0139. The Bertz CT molecular complexity index is 379. The Balaban J connectivity index is 3.08. The molecule has 34 heavy (non-hydrogen) atoms. The van der Waals surface area contributed by atoms with Crippen molar-refractivity contribution in [2.75, 3.05) is 6.61 Å². The zero-order valence-electron chi connectivity index (χ0n) is 23.8. The summed E-state index contributed by atoms with van der Waals surface area (Å²) in [5, 5.41) is 0. The van der Waals surface area contributed by atoms with Gasteiger partial charge in [-0.25, -0.2) is 0 Å². The lowest BCUT2D eigenvalue weighted by molar-refractivity contribution is -0.143. The minimum absolute atomic E-state index is 0.0139. The minimum Gasteiger partial charge on any atom is -0.466 e. The van der Waals surface area contributed by atoms with Crippen LogP contribution in [0.1, 0.15) is 194 Å². The SMILES string of the molecule is CCCCCCCCCCCCCCCCCCCCCCCCOC(=O)CCCCCCC. The number of hydrogen-bond acceptors (Lipinski definition) is 2. The van der Waals surface area contributed by atoms with E-state index in [4.69, 9.17) is 4.74 Å². The maximum absolute atomic E-state index is 11.7. The van der Waals surface area contributed by atoms with Gasteiger partial charge in [-0.2, -0.15) is 0 Å². The van der Waals surface area contributed by atoms with Crippen LogP contribution in [0.3, 0.4) is 0 Å². The molecule has 0 radical (unpaired) electrons. The summed E-state index contributed by atoms with van der Waals surface area (Å²) < 4.78 is 5.35. The fraction of sp³-hybridized carbons (Fsp3) is 0.969. The molecule has 0 aromatic heterocycles. The summed E-state index contributed by atoms with van der Waals surface area (Å²) in [6, 6.07) is 0. The molecule has 2 nitrogen and oxygen atoms in total. The van der Waals surface area contributed by atoms with E-state index < -0.39 is 0 Å². The van der Waals surface area contributed by atoms with Crippen LogP contribution in [0.15, 0.2) is 0 Å². The Hall–Kier alpha value is -0.530. The number of carbonyl (C=O) groups excluding carboxylic acids is 1. The van der Waals surface area contributed by atoms with Crippen LogP contribution in [0.25, 0.3) is 0 Å². The maximum Gasteiger partial charge on any atom is 0.305 e. The van der Waals surface area contributed by atoms with Crippen LogP contribution < -0.4 is 0 Å². The monoisotopic (exact) mass is 480 g/mol. The first kappa shape index (κ1) is 33.5. The highest BCUT2D eigenvalue weighted by Crippen LogP contribution is 2.15. The Morgan fingerprint density at radius 1 is 0.382 bits per heavy atom. The van der Waals surface area contributed by atoms with Gasteiger partial charge in [-0.3, -0.25) is 4.79 Å². The lowest BCUT2D eigenvalue weighted by Gasteiger charge is -2.05. The fourth-order valence-corrected chi connectivity index (χ4v) is 4.84. The molecule has 0 saturated carbocycles. The molecule has 0 heterocycles. The van der Waals surface area contributed by atoms with Crippen LogP contribution in [0.5, 0.6) is 0 Å². The molecule has 0 aliphatic rings. The van der Waals surface area contributed by atoms with Gasteiger partial charge in [-0.05, 0) is 12.8 Å². The van der Waals surface area contributed by atoms with Crippen molar-refractivity contribution in [1.29, 1.82) is 0 Å². The number of ether oxygens (including phenoxy) is 1. The van der Waals surface area contributed by atoms with E-state index in [2.05, 4.69) is 13.8 Å². The van der Waals surface area contributed by atoms with E-state index in [9.17, 15) is 4.79 Å². The molecule has 0 atom stereocenters. The van der Waals surface area contributed by atoms with Crippen LogP contribution in [0, 0.1) is 0 Å². The molecule has 0 fully saturated rings. The van der Waals surface area contributed by atoms with E-state index in [0.29, 0.717) is 13.0 Å². The second-order valence-corrected chi connectivity index (χ2v) is 10.8. The fourth-order valence-electron chi connectivity index (χ4n) is 4.84. The molecule has 0 spiro atoms. The summed E-state index contributed by atoms with van der Waals surface area (Å²) in [6.07, 6.45) is 37.5. The largest absolute Gasteiger partial charge is 0.466 e. The quantitative estimate of drug-likeness (QED) is 0.0785. The first-order valence-electron chi connectivity index (χ1n) is 16.0. The summed E-state index contributed by atoms with van der Waals surface area (Å²) in [4.78, 5) is 11.7. The molecule has 0 N–H and O–H groups in total. The number of unbranched alkanes of at least 4 members (excludes halogenated alkanes) is 25. The molecule has 0 saturated heterocycles. The van der Waals surface area contributed by atoms with Crippen molar-refractivity contribution in [3.8, 4) is 0 Å². The van der Waals surface area contributed by atoms with E-state index in [1.807, 2.05) is 0 Å². The van der Waals surface area contributed by atoms with E-state index in [1.165, 1.54) is 161 Å². The standard InChI is InChI=1S/C32H64O2/c1-3-5-7-9-10-11-12-13-14-15-16-17-18-19-20-21-22-23-24-25-27-29-31-34-32(33)30-28-26-8-6-4-2/h3-31H2,1-2H3. The summed E-state index contributed by atoms with van der Waals surface area (Å²) in [5.74, 6) is 0.0139. The van der Waals surface area contributed by atoms with Crippen LogP contribution in [-0.2, 0) is 9.53 Å². The number of esters is 1. The highest BCUT2D eigenvalue weighted by molar-refractivity contribution is 5.69. The normalized spacial score (nSPS) is 11.2. The van der Waals surface area contributed by atoms with Gasteiger partial charge in [0.05, 0.1) is 6.61 Å². The third-order valence-electron chi connectivity index (χ3n) is 7.25. The van der Waals surface area contributed by atoms with Crippen molar-refractivity contribution in [3.63, 3.8) is 0 Å². The van der Waals surface area contributed by atoms with Gasteiger partial charge >= 0.3 is 5.97 Å². The zero-order chi connectivity index (χ0) is 24.8. The Kier molecular flexibility index (Phi) is 30.0. The third kappa shape index (κ3) is 29.5. The number of rotatable bonds is 29. The Morgan fingerprint density at radius 3 is 0.971 bits per heavy atom. The predicted octanol–water partition coefficient (Wildman–Crippen LogP) is 11.5. The first-order valence-corrected chi connectivity index (χ1v) is 16.0. The van der Waals surface area contributed by atoms with E-state index >= 15 is 0 Å². The van der Waals surface area contributed by atoms with Crippen molar-refractivity contribution in [2.45, 2.75) is 194 Å². The molecule has 204 valence electrons. The molecular weight excluding hydrogens is 416 g/mol. The van der Waals surface area contributed by atoms with Gasteiger partial charge < -0.3 is 4.74 Å². The van der Waals surface area contributed by atoms with E-state index in [0.717, 1.165) is 12.8 Å². The van der Waals surface area contributed by atoms with Crippen molar-refractivity contribution < 1.29 is 9.53 Å². The van der Waals surface area contributed by atoms with Gasteiger partial charge in [0, 0.05) is 6.42 Å². The predicted molar refractivity (Wildman–Crippen MR) is 152 cm³/mol. The second kappa shape index (κ2) is 30.5. The highest BCUT2D eigenvalue weighted by Gasteiger charge is 2.02. The summed E-state index contributed by atoms with van der Waals surface area (Å²) in [6.45, 7) is 5.15. The molecule has 0 aromatic carbocycles. The second-order valence-electron chi connectivity index (χ2n) is 10.8. The zero-order valence-corrected chi connectivity index (χ0v) is 23.8. The van der Waals surface area contributed by atoms with Crippen molar-refractivity contribution in [3.05, 3.63) is 0 Å². The topological polar surface area (TPSA) is 26.3 Å². The lowest BCUT2D eigenvalue weighted by Crippen LogP contribution is -2.05. The maximum atomic E-state index is 11.7. The molecule has 0 bridgehead atoms. The van der Waals surface area contributed by atoms with Crippen LogP contribution in [0.4, 0.5) is 0 Å². The summed E-state index contributed by atoms with van der Waals surface area (Å²) in [7, 11) is 0. The van der Waals surface area contributed by atoms with Gasteiger partial charge in [0.25, 0.3) is 0 Å². The molecule has 0 amide bonds. The average Bonchev–Trinajstić information content (AvgIpc) is 2.84. The Labute approximate surface area is 215 Å². The van der Waals surface area contributed by atoms with Gasteiger partial charge in [-0.1, -0.05) is 174 Å². The van der Waals surface area contributed by atoms with Gasteiger partial charge in [-0.15, -0.1) is 0 Å². The Morgan fingerprint density at radius 2 is 0.647 bits per heavy atom. The smallest absolute Gasteiger partial charge is 0.305 e. The summed E-state index contributed by atoms with van der Waals surface area (Å²) in [5.41, 5.74) is 0. The summed E-state index contributed by atoms with van der Waals surface area (Å²) >= 11 is 0. The van der Waals surface area contributed by atoms with Gasteiger partial charge in [0.1, 0.15) is 0 Å². The van der Waals surface area contributed by atoms with Gasteiger partial charge in [0.2, 0.25) is 0 Å².